The fourth-order valence-corrected chi connectivity index (χ4v) is 4.08. The number of hydrogen-bond donors (Lipinski definition) is 0. The van der Waals surface area contributed by atoms with E-state index in [0.717, 1.165) is 35.2 Å². The first-order valence-corrected chi connectivity index (χ1v) is 9.99. The van der Waals surface area contributed by atoms with Crippen molar-refractivity contribution in [1.29, 1.82) is 0 Å². The predicted octanol–water partition coefficient (Wildman–Crippen LogP) is 5.19. The summed E-state index contributed by atoms with van der Waals surface area (Å²) in [6, 6.07) is 18.9. The van der Waals surface area contributed by atoms with Gasteiger partial charge in [-0.25, -0.2) is 4.98 Å². The number of carbonyl (C=O) groups is 1. The Balaban J connectivity index is 1.67. The zero-order valence-electron chi connectivity index (χ0n) is 17.2. The normalized spacial score (nSPS) is 18.2. The number of aromatic nitrogens is 1. The van der Waals surface area contributed by atoms with Crippen LogP contribution in [-0.2, 0) is 4.79 Å². The zero-order valence-corrected chi connectivity index (χ0v) is 17.2. The van der Waals surface area contributed by atoms with Crippen LogP contribution in [0.2, 0.25) is 0 Å². The molecule has 1 fully saturated rings. The Morgan fingerprint density at radius 3 is 2.62 bits per heavy atom. The maximum absolute atomic E-state index is 12.3. The van der Waals surface area contributed by atoms with Crippen LogP contribution in [0.25, 0.3) is 22.0 Å². The maximum atomic E-state index is 12.3. The van der Waals surface area contributed by atoms with Crippen LogP contribution in [0.5, 0.6) is 5.88 Å². The molecule has 4 nitrogen and oxygen atoms in total. The number of hydrogen-bond acceptors (Lipinski definition) is 4. The molecule has 0 N–H and O–H groups in total. The van der Waals surface area contributed by atoms with E-state index >= 15 is 0 Å². The van der Waals surface area contributed by atoms with Gasteiger partial charge in [-0.05, 0) is 41.7 Å². The Hall–Kier alpha value is -3.14. The first kappa shape index (κ1) is 19.2. The third-order valence-electron chi connectivity index (χ3n) is 5.53. The van der Waals surface area contributed by atoms with Crippen molar-refractivity contribution in [3.8, 4) is 17.1 Å². The first-order chi connectivity index (χ1) is 14.0. The lowest BCUT2D eigenvalue weighted by atomic mass is 9.81. The van der Waals surface area contributed by atoms with Gasteiger partial charge in [0.2, 0.25) is 5.88 Å². The summed E-state index contributed by atoms with van der Waals surface area (Å²) in [5, 5.41) is 2.41. The molecular formula is C25H26N2O2. The van der Waals surface area contributed by atoms with E-state index in [1.807, 2.05) is 37.3 Å². The van der Waals surface area contributed by atoms with Gasteiger partial charge < -0.3 is 9.64 Å². The van der Waals surface area contributed by atoms with Crippen molar-refractivity contribution in [3.05, 3.63) is 71.9 Å². The Labute approximate surface area is 171 Å². The lowest BCUT2D eigenvalue weighted by Gasteiger charge is -2.25. The number of ether oxygens (including phenoxy) is 1. The molecule has 1 aliphatic rings. The van der Waals surface area contributed by atoms with Crippen LogP contribution in [0.1, 0.15) is 30.7 Å². The smallest absolute Gasteiger partial charge is 0.217 e. The molecule has 4 rings (SSSR count). The summed E-state index contributed by atoms with van der Waals surface area (Å²) in [6.07, 6.45) is 4.07. The molecule has 1 unspecified atom stereocenters. The number of nitrogens with zero attached hydrogens (tertiary/aromatic N) is 2. The largest absolute Gasteiger partial charge is 0.481 e. The van der Waals surface area contributed by atoms with Gasteiger partial charge in [-0.15, -0.1) is 0 Å². The molecule has 2 aromatic carbocycles. The van der Waals surface area contributed by atoms with Crippen LogP contribution < -0.4 is 4.74 Å². The highest BCUT2D eigenvalue weighted by molar-refractivity contribution is 5.96. The molecule has 0 amide bonds. The summed E-state index contributed by atoms with van der Waals surface area (Å²) in [5.41, 5.74) is 3.92. The van der Waals surface area contributed by atoms with Crippen molar-refractivity contribution in [2.24, 2.45) is 0 Å². The van der Waals surface area contributed by atoms with Crippen LogP contribution in [0.4, 0.5) is 0 Å². The molecule has 29 heavy (non-hydrogen) atoms. The molecule has 0 bridgehead atoms. The fraction of sp³-hybridized carbons (Fsp3) is 0.280. The quantitative estimate of drug-likeness (QED) is 0.579. The SMILES string of the molecule is COc1nc(-c2ccc3ccccc3c2)ccc1C1CCC(=O)C(=CN(C)C)C1. The number of fused-ring (bicyclic) bond motifs is 1. The van der Waals surface area contributed by atoms with E-state index in [0.29, 0.717) is 12.3 Å². The van der Waals surface area contributed by atoms with E-state index in [4.69, 9.17) is 9.72 Å². The zero-order chi connectivity index (χ0) is 20.4. The Morgan fingerprint density at radius 2 is 1.86 bits per heavy atom. The second-order valence-corrected chi connectivity index (χ2v) is 7.84. The number of Topliss-reactive ketones (excluding diaryl/α,β-unsaturated/α-hetero) is 1. The van der Waals surface area contributed by atoms with E-state index in [1.165, 1.54) is 10.8 Å². The van der Waals surface area contributed by atoms with Gasteiger partial charge in [0.1, 0.15) is 0 Å². The van der Waals surface area contributed by atoms with E-state index in [9.17, 15) is 4.79 Å². The number of carbonyl (C=O) groups excluding carboxylic acids is 1. The number of benzene rings is 2. The molecule has 0 spiro atoms. The van der Waals surface area contributed by atoms with Crippen molar-refractivity contribution < 1.29 is 9.53 Å². The molecule has 4 heteroatoms. The van der Waals surface area contributed by atoms with Crippen LogP contribution in [0.3, 0.4) is 0 Å². The molecule has 1 aliphatic carbocycles. The van der Waals surface area contributed by atoms with Crippen molar-refractivity contribution in [2.75, 3.05) is 21.2 Å². The molecule has 1 atom stereocenters. The maximum Gasteiger partial charge on any atom is 0.217 e. The summed E-state index contributed by atoms with van der Waals surface area (Å²) >= 11 is 0. The van der Waals surface area contributed by atoms with Gasteiger partial charge in [0.25, 0.3) is 0 Å². The molecule has 0 aliphatic heterocycles. The van der Waals surface area contributed by atoms with Gasteiger partial charge in [-0.3, -0.25) is 4.79 Å². The summed E-state index contributed by atoms with van der Waals surface area (Å²) < 4.78 is 5.67. The average molecular weight is 386 g/mol. The summed E-state index contributed by atoms with van der Waals surface area (Å²) in [7, 11) is 5.56. The second-order valence-electron chi connectivity index (χ2n) is 7.84. The monoisotopic (exact) mass is 386 g/mol. The lowest BCUT2D eigenvalue weighted by molar-refractivity contribution is -0.116. The molecule has 0 radical (unpaired) electrons. The van der Waals surface area contributed by atoms with E-state index in [-0.39, 0.29) is 11.7 Å². The predicted molar refractivity (Wildman–Crippen MR) is 117 cm³/mol. The van der Waals surface area contributed by atoms with E-state index in [2.05, 4.69) is 42.5 Å². The topological polar surface area (TPSA) is 42.4 Å². The fourth-order valence-electron chi connectivity index (χ4n) is 4.08. The van der Waals surface area contributed by atoms with Crippen molar-refractivity contribution in [1.82, 2.24) is 9.88 Å². The lowest BCUT2D eigenvalue weighted by Crippen LogP contribution is -2.19. The van der Waals surface area contributed by atoms with Crippen LogP contribution in [0, 0.1) is 0 Å². The van der Waals surface area contributed by atoms with Gasteiger partial charge in [0, 0.05) is 43.4 Å². The van der Waals surface area contributed by atoms with E-state index in [1.54, 1.807) is 7.11 Å². The Kier molecular flexibility index (Phi) is 5.34. The number of ketones is 1. The highest BCUT2D eigenvalue weighted by atomic mass is 16.5. The minimum atomic E-state index is 0.243. The van der Waals surface area contributed by atoms with Gasteiger partial charge in [-0.1, -0.05) is 42.5 Å². The number of pyridine rings is 1. The number of methoxy groups -OCH3 is 1. The highest BCUT2D eigenvalue weighted by Gasteiger charge is 2.27. The second kappa shape index (κ2) is 8.08. The summed E-state index contributed by atoms with van der Waals surface area (Å²) in [4.78, 5) is 19.0. The molecule has 1 aromatic heterocycles. The van der Waals surface area contributed by atoms with Crippen molar-refractivity contribution in [3.63, 3.8) is 0 Å². The minimum Gasteiger partial charge on any atom is -0.481 e. The van der Waals surface area contributed by atoms with E-state index < -0.39 is 0 Å². The summed E-state index contributed by atoms with van der Waals surface area (Å²) in [6.45, 7) is 0. The van der Waals surface area contributed by atoms with Gasteiger partial charge in [0.15, 0.2) is 5.78 Å². The van der Waals surface area contributed by atoms with Crippen molar-refractivity contribution in [2.45, 2.75) is 25.2 Å². The highest BCUT2D eigenvalue weighted by Crippen LogP contribution is 2.39. The number of allylic oxidation sites excluding steroid dienone is 1. The number of rotatable bonds is 4. The molecular weight excluding hydrogens is 360 g/mol. The van der Waals surface area contributed by atoms with Gasteiger partial charge in [-0.2, -0.15) is 0 Å². The molecule has 0 saturated heterocycles. The third kappa shape index (κ3) is 4.02. The van der Waals surface area contributed by atoms with Crippen molar-refractivity contribution >= 4 is 16.6 Å². The Bertz CT molecular complexity index is 1090. The first-order valence-electron chi connectivity index (χ1n) is 9.99. The van der Waals surface area contributed by atoms with Crippen LogP contribution >= 0.6 is 0 Å². The Morgan fingerprint density at radius 1 is 1.07 bits per heavy atom. The summed E-state index contributed by atoms with van der Waals surface area (Å²) in [5.74, 6) is 1.14. The molecule has 1 saturated carbocycles. The average Bonchev–Trinajstić information content (AvgIpc) is 2.74. The van der Waals surface area contributed by atoms with Gasteiger partial charge in [0.05, 0.1) is 12.8 Å². The molecule has 1 heterocycles. The standard InChI is InChI=1S/C25H26N2O2/c1-27(2)16-21-15-19(10-13-24(21)28)22-11-12-23(26-25(22)29-3)20-9-8-17-6-4-5-7-18(17)14-20/h4-9,11-12,14,16,19H,10,13,15H2,1-3H3. The minimum absolute atomic E-state index is 0.243. The van der Waals surface area contributed by atoms with Crippen LogP contribution in [-0.4, -0.2) is 36.9 Å². The third-order valence-corrected chi connectivity index (χ3v) is 5.53. The van der Waals surface area contributed by atoms with Crippen LogP contribution in [0.15, 0.2) is 66.4 Å². The van der Waals surface area contributed by atoms with Gasteiger partial charge >= 0.3 is 0 Å². The molecule has 3 aromatic rings. The molecule has 148 valence electrons.